The topological polar surface area (TPSA) is 55.4 Å². The van der Waals surface area contributed by atoms with E-state index in [2.05, 4.69) is 10.1 Å². The molecule has 0 radical (unpaired) electrons. The molecule has 0 aromatic heterocycles. The first-order valence-electron chi connectivity index (χ1n) is 7.35. The standard InChI is InChI=1S/C18H18ClNO3S/c1-12(24-11-13-6-4-3-5-7-13)17(21)20-16-10-14(18(22)23-2)8-9-15(16)19/h3-10,12H,11H2,1-2H3,(H,20,21)/t12-/m0/s1. The number of carbonyl (C=O) groups excluding carboxylic acids is 2. The van der Waals surface area contributed by atoms with Crippen molar-refractivity contribution in [2.24, 2.45) is 0 Å². The number of hydrogen-bond acceptors (Lipinski definition) is 4. The average Bonchev–Trinajstić information content (AvgIpc) is 2.61. The summed E-state index contributed by atoms with van der Waals surface area (Å²) in [5.41, 5.74) is 1.89. The second kappa shape index (κ2) is 8.76. The van der Waals surface area contributed by atoms with Gasteiger partial charge in [0.1, 0.15) is 0 Å². The van der Waals surface area contributed by atoms with Crippen molar-refractivity contribution < 1.29 is 14.3 Å². The zero-order chi connectivity index (χ0) is 17.5. The summed E-state index contributed by atoms with van der Waals surface area (Å²) in [5.74, 6) is 0.0965. The summed E-state index contributed by atoms with van der Waals surface area (Å²) in [6.45, 7) is 1.83. The Balaban J connectivity index is 1.99. The van der Waals surface area contributed by atoms with Crippen LogP contribution < -0.4 is 5.32 Å². The lowest BCUT2D eigenvalue weighted by atomic mass is 10.2. The number of carbonyl (C=O) groups is 2. The molecule has 0 aliphatic rings. The van der Waals surface area contributed by atoms with E-state index in [-0.39, 0.29) is 11.2 Å². The fourth-order valence-corrected chi connectivity index (χ4v) is 2.98. The highest BCUT2D eigenvalue weighted by Crippen LogP contribution is 2.25. The van der Waals surface area contributed by atoms with Crippen LogP contribution in [0.4, 0.5) is 5.69 Å². The molecule has 0 fully saturated rings. The van der Waals surface area contributed by atoms with Crippen LogP contribution in [0, 0.1) is 0 Å². The first kappa shape index (κ1) is 18.4. The molecule has 0 aliphatic heterocycles. The second-order valence-electron chi connectivity index (χ2n) is 5.11. The average molecular weight is 364 g/mol. The number of ether oxygens (including phenoxy) is 1. The van der Waals surface area contributed by atoms with Crippen LogP contribution >= 0.6 is 23.4 Å². The number of esters is 1. The van der Waals surface area contributed by atoms with Crippen molar-refractivity contribution in [2.75, 3.05) is 12.4 Å². The minimum absolute atomic E-state index is 0.167. The molecule has 0 aliphatic carbocycles. The molecule has 0 heterocycles. The maximum absolute atomic E-state index is 12.3. The number of rotatable bonds is 6. The summed E-state index contributed by atoms with van der Waals surface area (Å²) in [4.78, 5) is 23.9. The third-order valence-corrected chi connectivity index (χ3v) is 4.90. The molecular formula is C18H18ClNO3S. The van der Waals surface area contributed by atoms with Gasteiger partial charge in [-0.1, -0.05) is 41.9 Å². The van der Waals surface area contributed by atoms with Crippen molar-refractivity contribution in [1.82, 2.24) is 0 Å². The molecule has 2 aromatic carbocycles. The van der Waals surface area contributed by atoms with Crippen molar-refractivity contribution in [3.05, 3.63) is 64.7 Å². The quantitative estimate of drug-likeness (QED) is 0.773. The first-order valence-corrected chi connectivity index (χ1v) is 8.78. The van der Waals surface area contributed by atoms with E-state index in [4.69, 9.17) is 11.6 Å². The SMILES string of the molecule is COC(=O)c1ccc(Cl)c(NC(=O)[C@H](C)SCc2ccccc2)c1. The fraction of sp³-hybridized carbons (Fsp3) is 0.222. The highest BCUT2D eigenvalue weighted by molar-refractivity contribution is 7.99. The lowest BCUT2D eigenvalue weighted by Crippen LogP contribution is -2.23. The zero-order valence-electron chi connectivity index (χ0n) is 13.4. The molecule has 24 heavy (non-hydrogen) atoms. The lowest BCUT2D eigenvalue weighted by molar-refractivity contribution is -0.115. The van der Waals surface area contributed by atoms with Gasteiger partial charge in [0.2, 0.25) is 5.91 Å². The summed E-state index contributed by atoms with van der Waals surface area (Å²) >= 11 is 7.62. The number of thioether (sulfide) groups is 1. The van der Waals surface area contributed by atoms with Gasteiger partial charge in [-0.25, -0.2) is 4.79 Å². The van der Waals surface area contributed by atoms with Crippen molar-refractivity contribution in [2.45, 2.75) is 17.9 Å². The van der Waals surface area contributed by atoms with Gasteiger partial charge in [0.25, 0.3) is 0 Å². The van der Waals surface area contributed by atoms with Gasteiger partial charge in [0.05, 0.1) is 28.6 Å². The summed E-state index contributed by atoms with van der Waals surface area (Å²) in [5, 5.41) is 2.88. The van der Waals surface area contributed by atoms with E-state index in [1.165, 1.54) is 24.9 Å². The maximum Gasteiger partial charge on any atom is 0.337 e. The molecule has 1 N–H and O–H groups in total. The smallest absolute Gasteiger partial charge is 0.337 e. The van der Waals surface area contributed by atoms with E-state index >= 15 is 0 Å². The molecule has 1 atom stereocenters. The molecule has 126 valence electrons. The van der Waals surface area contributed by atoms with Gasteiger partial charge in [-0.15, -0.1) is 11.8 Å². The summed E-state index contributed by atoms with van der Waals surface area (Å²) in [6, 6.07) is 14.6. The van der Waals surface area contributed by atoms with E-state index in [9.17, 15) is 9.59 Å². The largest absolute Gasteiger partial charge is 0.465 e. The molecule has 2 rings (SSSR count). The Labute approximate surface area is 150 Å². The van der Waals surface area contributed by atoms with Gasteiger partial charge in [0, 0.05) is 5.75 Å². The Bertz CT molecular complexity index is 721. The second-order valence-corrected chi connectivity index (χ2v) is 6.85. The van der Waals surface area contributed by atoms with Gasteiger partial charge in [0.15, 0.2) is 0 Å². The van der Waals surface area contributed by atoms with Gasteiger partial charge >= 0.3 is 5.97 Å². The lowest BCUT2D eigenvalue weighted by Gasteiger charge is -2.13. The highest BCUT2D eigenvalue weighted by Gasteiger charge is 2.16. The molecule has 1 amide bonds. The minimum atomic E-state index is -0.478. The van der Waals surface area contributed by atoms with Crippen molar-refractivity contribution in [3.63, 3.8) is 0 Å². The zero-order valence-corrected chi connectivity index (χ0v) is 15.0. The fourth-order valence-electron chi connectivity index (χ4n) is 1.97. The Morgan fingerprint density at radius 1 is 1.21 bits per heavy atom. The molecule has 0 bridgehead atoms. The maximum atomic E-state index is 12.3. The van der Waals surface area contributed by atoms with Crippen LogP contribution in [-0.4, -0.2) is 24.2 Å². The molecule has 4 nitrogen and oxygen atoms in total. The van der Waals surface area contributed by atoms with Crippen molar-refractivity contribution >= 4 is 40.9 Å². The normalized spacial score (nSPS) is 11.6. The van der Waals surface area contributed by atoms with Gasteiger partial charge in [-0.2, -0.15) is 0 Å². The summed E-state index contributed by atoms with van der Waals surface area (Å²) in [7, 11) is 1.30. The van der Waals surface area contributed by atoms with Gasteiger partial charge in [-0.05, 0) is 30.7 Å². The van der Waals surface area contributed by atoms with Crippen LogP contribution in [0.3, 0.4) is 0 Å². The highest BCUT2D eigenvalue weighted by atomic mass is 35.5. The third-order valence-electron chi connectivity index (χ3n) is 3.36. The van der Waals surface area contributed by atoms with E-state index in [0.29, 0.717) is 16.3 Å². The van der Waals surface area contributed by atoms with Crippen molar-refractivity contribution in [3.8, 4) is 0 Å². The van der Waals surface area contributed by atoms with E-state index in [1.807, 2.05) is 37.3 Å². The number of nitrogens with one attached hydrogen (secondary N) is 1. The van der Waals surface area contributed by atoms with Crippen LogP contribution in [0.15, 0.2) is 48.5 Å². The van der Waals surface area contributed by atoms with Crippen LogP contribution in [0.25, 0.3) is 0 Å². The predicted octanol–water partition coefficient (Wildman–Crippen LogP) is 4.39. The van der Waals surface area contributed by atoms with Gasteiger partial charge < -0.3 is 10.1 Å². The Morgan fingerprint density at radius 3 is 2.58 bits per heavy atom. The van der Waals surface area contributed by atoms with E-state index in [0.717, 1.165) is 11.3 Å². The van der Waals surface area contributed by atoms with Crippen LogP contribution in [0.1, 0.15) is 22.8 Å². The molecule has 0 spiro atoms. The van der Waals surface area contributed by atoms with Gasteiger partial charge in [-0.3, -0.25) is 4.79 Å². The van der Waals surface area contributed by atoms with E-state index in [1.54, 1.807) is 12.1 Å². The number of benzene rings is 2. The molecule has 6 heteroatoms. The number of anilines is 1. The number of methoxy groups -OCH3 is 1. The molecule has 0 saturated carbocycles. The number of amides is 1. The Morgan fingerprint density at radius 2 is 1.92 bits per heavy atom. The molecule has 2 aromatic rings. The number of halogens is 1. The molecular weight excluding hydrogens is 346 g/mol. The monoisotopic (exact) mass is 363 g/mol. The minimum Gasteiger partial charge on any atom is -0.465 e. The van der Waals surface area contributed by atoms with Crippen LogP contribution in [0.2, 0.25) is 5.02 Å². The third kappa shape index (κ3) is 5.01. The Hall–Kier alpha value is -1.98. The molecule has 0 unspecified atom stereocenters. The molecule has 0 saturated heterocycles. The number of hydrogen-bond donors (Lipinski definition) is 1. The van der Waals surface area contributed by atoms with Crippen molar-refractivity contribution in [1.29, 1.82) is 0 Å². The summed E-state index contributed by atoms with van der Waals surface area (Å²) < 4.78 is 4.67. The van der Waals surface area contributed by atoms with Crippen LogP contribution in [-0.2, 0) is 15.3 Å². The van der Waals surface area contributed by atoms with Crippen LogP contribution in [0.5, 0.6) is 0 Å². The summed E-state index contributed by atoms with van der Waals surface area (Å²) in [6.07, 6.45) is 0. The van der Waals surface area contributed by atoms with E-state index < -0.39 is 5.97 Å². The first-order chi connectivity index (χ1) is 11.5. The predicted molar refractivity (Wildman–Crippen MR) is 98.6 cm³/mol. The Kier molecular flexibility index (Phi) is 6.70.